The van der Waals surface area contributed by atoms with Crippen molar-refractivity contribution in [1.29, 1.82) is 0 Å². The van der Waals surface area contributed by atoms with Gasteiger partial charge in [-0.25, -0.2) is 0 Å². The molecule has 0 unspecified atom stereocenters. The van der Waals surface area contributed by atoms with Crippen LogP contribution in [-0.4, -0.2) is 15.0 Å². The first-order chi connectivity index (χ1) is 12.8. The summed E-state index contributed by atoms with van der Waals surface area (Å²) >= 11 is 0. The minimum atomic E-state index is 1.02. The van der Waals surface area contributed by atoms with Crippen LogP contribution in [0.1, 0.15) is 5.69 Å². The number of nitrogens with zero attached hydrogens (tertiary/aromatic N) is 2. The fourth-order valence-electron chi connectivity index (χ4n) is 3.41. The summed E-state index contributed by atoms with van der Waals surface area (Å²) in [7, 11) is 0. The maximum Gasteiger partial charge on any atom is 0.0702 e. The lowest BCUT2D eigenvalue weighted by atomic mass is 10.0. The molecule has 0 radical (unpaired) electrons. The quantitative estimate of drug-likeness (QED) is 0.446. The van der Waals surface area contributed by atoms with E-state index >= 15 is 0 Å². The number of aryl methyl sites for hydroxylation is 1. The molecule has 0 atom stereocenters. The SMILES string of the molecule is Cc1cc(-c2cc3cc(-c4cnc5ccccc5c4)ccc3[nH]2)ccn1. The van der Waals surface area contributed by atoms with Crippen molar-refractivity contribution in [2.24, 2.45) is 0 Å². The maximum atomic E-state index is 4.59. The van der Waals surface area contributed by atoms with Crippen LogP contribution < -0.4 is 0 Å². The highest BCUT2D eigenvalue weighted by Gasteiger charge is 2.07. The second-order valence-electron chi connectivity index (χ2n) is 6.59. The molecule has 3 aromatic heterocycles. The topological polar surface area (TPSA) is 41.6 Å². The lowest BCUT2D eigenvalue weighted by molar-refractivity contribution is 1.20. The lowest BCUT2D eigenvalue weighted by Gasteiger charge is -2.04. The summed E-state index contributed by atoms with van der Waals surface area (Å²) in [5, 5.41) is 2.35. The molecular weight excluding hydrogens is 318 g/mol. The van der Waals surface area contributed by atoms with Crippen LogP contribution in [-0.2, 0) is 0 Å². The molecule has 3 heteroatoms. The van der Waals surface area contributed by atoms with E-state index in [9.17, 15) is 0 Å². The van der Waals surface area contributed by atoms with Gasteiger partial charge < -0.3 is 4.98 Å². The summed E-state index contributed by atoms with van der Waals surface area (Å²) in [4.78, 5) is 12.4. The van der Waals surface area contributed by atoms with E-state index in [1.165, 1.54) is 10.9 Å². The predicted molar refractivity (Wildman–Crippen MR) is 107 cm³/mol. The van der Waals surface area contributed by atoms with Crippen molar-refractivity contribution < 1.29 is 0 Å². The van der Waals surface area contributed by atoms with E-state index < -0.39 is 0 Å². The number of benzene rings is 2. The molecule has 0 fully saturated rings. The zero-order chi connectivity index (χ0) is 17.5. The van der Waals surface area contributed by atoms with Crippen LogP contribution >= 0.6 is 0 Å². The molecule has 3 nitrogen and oxygen atoms in total. The number of nitrogens with one attached hydrogen (secondary N) is 1. The number of aromatic amines is 1. The molecule has 0 aliphatic rings. The van der Waals surface area contributed by atoms with Gasteiger partial charge in [-0.1, -0.05) is 24.3 Å². The van der Waals surface area contributed by atoms with Gasteiger partial charge in [-0.15, -0.1) is 0 Å². The molecule has 0 bridgehead atoms. The highest BCUT2D eigenvalue weighted by molar-refractivity contribution is 5.91. The summed E-state index contributed by atoms with van der Waals surface area (Å²) in [6.07, 6.45) is 3.80. The number of fused-ring (bicyclic) bond motifs is 2. The van der Waals surface area contributed by atoms with Crippen LogP contribution in [0.15, 0.2) is 79.1 Å². The van der Waals surface area contributed by atoms with Crippen LogP contribution in [0.3, 0.4) is 0 Å². The lowest BCUT2D eigenvalue weighted by Crippen LogP contribution is -1.83. The third-order valence-electron chi connectivity index (χ3n) is 4.75. The average molecular weight is 335 g/mol. The van der Waals surface area contributed by atoms with Gasteiger partial charge in [-0.3, -0.25) is 9.97 Å². The molecule has 0 saturated carbocycles. The minimum absolute atomic E-state index is 1.02. The zero-order valence-electron chi connectivity index (χ0n) is 14.4. The van der Waals surface area contributed by atoms with Crippen molar-refractivity contribution in [1.82, 2.24) is 15.0 Å². The van der Waals surface area contributed by atoms with Gasteiger partial charge in [-0.05, 0) is 55.0 Å². The first-order valence-corrected chi connectivity index (χ1v) is 8.67. The molecule has 0 spiro atoms. The minimum Gasteiger partial charge on any atom is -0.355 e. The molecule has 0 aliphatic carbocycles. The number of aromatic nitrogens is 3. The zero-order valence-corrected chi connectivity index (χ0v) is 14.4. The van der Waals surface area contributed by atoms with Crippen molar-refractivity contribution in [2.75, 3.05) is 0 Å². The summed E-state index contributed by atoms with van der Waals surface area (Å²) in [5.41, 5.74) is 7.74. The van der Waals surface area contributed by atoms with E-state index in [1.54, 1.807) is 0 Å². The first kappa shape index (κ1) is 14.8. The van der Waals surface area contributed by atoms with Gasteiger partial charge in [0.25, 0.3) is 0 Å². The van der Waals surface area contributed by atoms with Crippen LogP contribution in [0.25, 0.3) is 44.2 Å². The Hall–Kier alpha value is -3.46. The molecule has 124 valence electrons. The Bertz CT molecular complexity index is 1250. The smallest absolute Gasteiger partial charge is 0.0702 e. The largest absolute Gasteiger partial charge is 0.355 e. The number of rotatable bonds is 2. The number of hydrogen-bond acceptors (Lipinski definition) is 2. The van der Waals surface area contributed by atoms with Crippen molar-refractivity contribution in [3.8, 4) is 22.4 Å². The van der Waals surface area contributed by atoms with Crippen molar-refractivity contribution in [2.45, 2.75) is 6.92 Å². The number of H-pyrrole nitrogens is 1. The molecule has 0 aliphatic heterocycles. The van der Waals surface area contributed by atoms with E-state index in [4.69, 9.17) is 0 Å². The Morgan fingerprint density at radius 2 is 1.62 bits per heavy atom. The van der Waals surface area contributed by atoms with Gasteiger partial charge in [0.1, 0.15) is 0 Å². The standard InChI is InChI=1S/C23H17N3/c1-15-10-18(8-9-24-15)23-13-19-11-16(6-7-22(19)26-23)20-12-17-4-2-3-5-21(17)25-14-20/h2-14,26H,1H3. The molecule has 1 N–H and O–H groups in total. The summed E-state index contributed by atoms with van der Waals surface area (Å²) in [6, 6.07) is 23.2. The van der Waals surface area contributed by atoms with Crippen LogP contribution in [0.2, 0.25) is 0 Å². The van der Waals surface area contributed by atoms with Gasteiger partial charge in [0, 0.05) is 51.2 Å². The summed E-state index contributed by atoms with van der Waals surface area (Å²) < 4.78 is 0. The van der Waals surface area contributed by atoms with Crippen molar-refractivity contribution in [3.05, 3.63) is 84.8 Å². The normalized spacial score (nSPS) is 11.3. The third-order valence-corrected chi connectivity index (χ3v) is 4.75. The molecule has 5 aromatic rings. The molecule has 5 rings (SSSR count). The Morgan fingerprint density at radius 3 is 2.54 bits per heavy atom. The summed E-state index contributed by atoms with van der Waals surface area (Å²) in [5.74, 6) is 0. The monoisotopic (exact) mass is 335 g/mol. The van der Waals surface area contributed by atoms with Crippen LogP contribution in [0, 0.1) is 6.92 Å². The molecule has 0 amide bonds. The Balaban J connectivity index is 1.60. The van der Waals surface area contributed by atoms with Crippen molar-refractivity contribution in [3.63, 3.8) is 0 Å². The fourth-order valence-corrected chi connectivity index (χ4v) is 3.41. The van der Waals surface area contributed by atoms with E-state index in [0.29, 0.717) is 0 Å². The summed E-state index contributed by atoms with van der Waals surface area (Å²) in [6.45, 7) is 2.01. The van der Waals surface area contributed by atoms with Gasteiger partial charge in [0.2, 0.25) is 0 Å². The molecular formula is C23H17N3. The average Bonchev–Trinajstić information content (AvgIpc) is 3.11. The van der Waals surface area contributed by atoms with Gasteiger partial charge in [0.05, 0.1) is 5.52 Å². The Morgan fingerprint density at radius 1 is 0.731 bits per heavy atom. The van der Waals surface area contributed by atoms with E-state index in [2.05, 4.69) is 57.4 Å². The number of para-hydroxylation sites is 1. The van der Waals surface area contributed by atoms with Crippen LogP contribution in [0.5, 0.6) is 0 Å². The number of hydrogen-bond donors (Lipinski definition) is 1. The number of pyridine rings is 2. The van der Waals surface area contributed by atoms with Gasteiger partial charge in [-0.2, -0.15) is 0 Å². The van der Waals surface area contributed by atoms with Crippen LogP contribution in [0.4, 0.5) is 0 Å². The predicted octanol–water partition coefficient (Wildman–Crippen LogP) is 5.75. The fraction of sp³-hybridized carbons (Fsp3) is 0.0435. The highest BCUT2D eigenvalue weighted by Crippen LogP contribution is 2.29. The molecule has 3 heterocycles. The first-order valence-electron chi connectivity index (χ1n) is 8.67. The highest BCUT2D eigenvalue weighted by atomic mass is 14.7. The molecule has 2 aromatic carbocycles. The van der Waals surface area contributed by atoms with Gasteiger partial charge >= 0.3 is 0 Å². The second-order valence-corrected chi connectivity index (χ2v) is 6.59. The molecule has 26 heavy (non-hydrogen) atoms. The van der Waals surface area contributed by atoms with Crippen molar-refractivity contribution >= 4 is 21.8 Å². The van der Waals surface area contributed by atoms with Gasteiger partial charge in [0.15, 0.2) is 0 Å². The van der Waals surface area contributed by atoms with E-state index in [0.717, 1.165) is 38.9 Å². The Kier molecular flexibility index (Phi) is 3.32. The molecule has 0 saturated heterocycles. The second kappa shape index (κ2) is 5.81. The third kappa shape index (κ3) is 2.54. The van der Waals surface area contributed by atoms with E-state index in [-0.39, 0.29) is 0 Å². The maximum absolute atomic E-state index is 4.59. The Labute approximate surface area is 151 Å². The van der Waals surface area contributed by atoms with E-state index in [1.807, 2.05) is 43.6 Å².